The van der Waals surface area contributed by atoms with Crippen molar-refractivity contribution in [1.82, 2.24) is 31.9 Å². The van der Waals surface area contributed by atoms with Crippen molar-refractivity contribution in [2.75, 3.05) is 26.2 Å². The topological polar surface area (TPSA) is 363 Å². The number of aliphatic hydroxyl groups excluding tert-OH is 3. The molecule has 7 atom stereocenters. The summed E-state index contributed by atoms with van der Waals surface area (Å²) in [6.45, 7) is 3.39. The molecule has 0 aliphatic carbocycles. The fraction of sp³-hybridized carbons (Fsp3) is 0.692. The number of hydrogen-bond donors (Lipinski definition) is 13. The molecule has 0 aliphatic rings. The summed E-state index contributed by atoms with van der Waals surface area (Å²) >= 11 is 0. The summed E-state index contributed by atoms with van der Waals surface area (Å²) in [6, 6.07) is -7.12. The highest BCUT2D eigenvalue weighted by Crippen LogP contribution is 2.04. The van der Waals surface area contributed by atoms with E-state index < -0.39 is 109 Å². The second-order valence-corrected chi connectivity index (χ2v) is 10.9. The lowest BCUT2D eigenvalue weighted by Gasteiger charge is -2.26. The van der Waals surface area contributed by atoms with Crippen LogP contribution in [0.25, 0.3) is 0 Å². The quantitative estimate of drug-likeness (QED) is 0.0305. The maximum absolute atomic E-state index is 13.1. The minimum atomic E-state index is -1.62. The Kier molecular flexibility index (Phi) is 19.2. The van der Waals surface area contributed by atoms with Gasteiger partial charge in [-0.3, -0.25) is 33.8 Å². The number of aliphatic carboxylic acids is 1. The molecule has 0 fully saturated rings. The van der Waals surface area contributed by atoms with Crippen LogP contribution in [0.2, 0.25) is 0 Å². The Bertz CT molecular complexity index is 1130. The average molecular weight is 677 g/mol. The number of carboxylic acids is 1. The van der Waals surface area contributed by atoms with E-state index in [1.54, 1.807) is 13.8 Å². The Morgan fingerprint density at radius 2 is 1.23 bits per heavy atom. The SMILES string of the molecule is CC(C)[C@H](NC(=O)[C@H](CO)NC(=O)[C@H](CCCN=C(N)N)NC(=O)CNC(=O)[C@@H](N)[C@@H](C)O)C(=O)NCC(=O)N[C@H](C(=O)O)[C@@H](C)O. The Hall–Kier alpha value is -4.60. The number of rotatable bonds is 21. The van der Waals surface area contributed by atoms with Crippen LogP contribution < -0.4 is 49.1 Å². The molecule has 0 rings (SSSR count). The van der Waals surface area contributed by atoms with E-state index in [1.165, 1.54) is 6.92 Å². The number of amides is 6. The van der Waals surface area contributed by atoms with Gasteiger partial charge in [-0.1, -0.05) is 13.8 Å². The third-order valence-corrected chi connectivity index (χ3v) is 6.39. The molecule has 268 valence electrons. The van der Waals surface area contributed by atoms with E-state index in [4.69, 9.17) is 22.3 Å². The molecule has 0 spiro atoms. The van der Waals surface area contributed by atoms with Gasteiger partial charge in [0.05, 0.1) is 31.9 Å². The van der Waals surface area contributed by atoms with Gasteiger partial charge in [0.1, 0.15) is 24.2 Å². The van der Waals surface area contributed by atoms with Crippen molar-refractivity contribution < 1.29 is 54.0 Å². The van der Waals surface area contributed by atoms with Gasteiger partial charge in [0.25, 0.3) is 0 Å². The number of carboxylic acid groups (broad SMARTS) is 1. The number of nitrogens with one attached hydrogen (secondary N) is 6. The smallest absolute Gasteiger partial charge is 0.328 e. The normalized spacial score (nSPS) is 15.3. The van der Waals surface area contributed by atoms with E-state index in [1.807, 2.05) is 5.32 Å². The lowest BCUT2D eigenvalue weighted by atomic mass is 10.0. The molecule has 0 radical (unpaired) electrons. The Balaban J connectivity index is 5.52. The minimum absolute atomic E-state index is 0.0495. The van der Waals surface area contributed by atoms with E-state index >= 15 is 0 Å². The number of aliphatic imine (C=N–C) groups is 1. The van der Waals surface area contributed by atoms with Crippen LogP contribution in [0.15, 0.2) is 4.99 Å². The van der Waals surface area contributed by atoms with E-state index in [2.05, 4.69) is 31.6 Å². The van der Waals surface area contributed by atoms with Gasteiger partial charge in [0.15, 0.2) is 12.0 Å². The summed E-state index contributed by atoms with van der Waals surface area (Å²) in [7, 11) is 0. The first kappa shape index (κ1) is 42.4. The average Bonchev–Trinajstić information content (AvgIpc) is 2.98. The van der Waals surface area contributed by atoms with Crippen molar-refractivity contribution in [3.05, 3.63) is 0 Å². The summed E-state index contributed by atoms with van der Waals surface area (Å²) in [6.07, 6.45) is -2.49. The number of carbonyl (C=O) groups is 7. The molecule has 0 saturated heterocycles. The van der Waals surface area contributed by atoms with Gasteiger partial charge in [-0.2, -0.15) is 0 Å². The van der Waals surface area contributed by atoms with Gasteiger partial charge in [-0.15, -0.1) is 0 Å². The molecule has 0 aromatic carbocycles. The number of nitrogens with zero attached hydrogens (tertiary/aromatic N) is 1. The van der Waals surface area contributed by atoms with Crippen LogP contribution in [-0.4, -0.2) is 136 Å². The highest BCUT2D eigenvalue weighted by Gasteiger charge is 2.31. The predicted octanol–water partition coefficient (Wildman–Crippen LogP) is -6.97. The summed E-state index contributed by atoms with van der Waals surface area (Å²) in [5, 5.41) is 51.4. The zero-order valence-corrected chi connectivity index (χ0v) is 26.7. The third kappa shape index (κ3) is 16.5. The Morgan fingerprint density at radius 1 is 0.702 bits per heavy atom. The lowest BCUT2D eigenvalue weighted by Crippen LogP contribution is -2.59. The third-order valence-electron chi connectivity index (χ3n) is 6.39. The molecule has 47 heavy (non-hydrogen) atoms. The lowest BCUT2D eigenvalue weighted by molar-refractivity contribution is -0.144. The molecular weight excluding hydrogens is 628 g/mol. The van der Waals surface area contributed by atoms with E-state index in [9.17, 15) is 48.9 Å². The maximum Gasteiger partial charge on any atom is 0.328 e. The van der Waals surface area contributed by atoms with Gasteiger partial charge in [0, 0.05) is 6.54 Å². The standard InChI is InChI=1S/C26H48N10O11/c1-11(2)19(24(45)32-9-17(41)35-20(13(4)39)25(46)47)36-22(43)15(10-37)34-21(42)14(6-5-7-30-26(28)29)33-16(40)8-31-23(44)18(27)12(3)38/h11-15,18-20,37-39H,5-10,27H2,1-4H3,(H,31,44)(H,32,45)(H,33,40)(H,34,42)(H,35,41)(H,36,43)(H,46,47)(H4,28,29,30)/t12-,13-,14+,15+,18+,19+,20+/m1/s1. The van der Waals surface area contributed by atoms with Crippen LogP contribution in [0.3, 0.4) is 0 Å². The summed E-state index contributed by atoms with van der Waals surface area (Å²) in [4.78, 5) is 90.4. The fourth-order valence-electron chi connectivity index (χ4n) is 3.67. The Morgan fingerprint density at radius 3 is 1.70 bits per heavy atom. The number of hydrogen-bond acceptors (Lipinski definition) is 12. The van der Waals surface area contributed by atoms with Crippen molar-refractivity contribution in [1.29, 1.82) is 0 Å². The van der Waals surface area contributed by atoms with Crippen LogP contribution in [0.1, 0.15) is 40.5 Å². The van der Waals surface area contributed by atoms with E-state index in [-0.39, 0.29) is 25.3 Å². The molecule has 0 saturated carbocycles. The fourth-order valence-corrected chi connectivity index (χ4v) is 3.67. The molecule has 21 heteroatoms. The first-order valence-corrected chi connectivity index (χ1v) is 14.6. The van der Waals surface area contributed by atoms with Crippen molar-refractivity contribution in [2.45, 2.75) is 83.0 Å². The van der Waals surface area contributed by atoms with Gasteiger partial charge < -0.3 is 69.5 Å². The molecule has 0 aliphatic heterocycles. The molecule has 6 amide bonds. The van der Waals surface area contributed by atoms with Gasteiger partial charge >= 0.3 is 5.97 Å². The second kappa shape index (κ2) is 21.2. The van der Waals surface area contributed by atoms with E-state index in [0.717, 1.165) is 6.92 Å². The minimum Gasteiger partial charge on any atom is -0.480 e. The number of guanidine groups is 1. The summed E-state index contributed by atoms with van der Waals surface area (Å²) in [5.74, 6) is -7.62. The predicted molar refractivity (Wildman–Crippen MR) is 165 cm³/mol. The molecule has 0 unspecified atom stereocenters. The van der Waals surface area contributed by atoms with E-state index in [0.29, 0.717) is 0 Å². The van der Waals surface area contributed by atoms with Crippen molar-refractivity contribution in [3.63, 3.8) is 0 Å². The van der Waals surface area contributed by atoms with Crippen molar-refractivity contribution >= 4 is 47.4 Å². The molecule has 16 N–H and O–H groups in total. The van der Waals surface area contributed by atoms with Crippen LogP contribution in [-0.2, 0) is 33.6 Å². The van der Waals surface area contributed by atoms with Crippen LogP contribution in [0.4, 0.5) is 0 Å². The number of aliphatic hydroxyl groups is 3. The maximum atomic E-state index is 13.1. The molecule has 0 aromatic rings. The van der Waals surface area contributed by atoms with Crippen molar-refractivity contribution in [2.24, 2.45) is 28.1 Å². The molecule has 21 nitrogen and oxygen atoms in total. The summed E-state index contributed by atoms with van der Waals surface area (Å²) in [5.41, 5.74) is 16.1. The molecular formula is C26H48N10O11. The summed E-state index contributed by atoms with van der Waals surface area (Å²) < 4.78 is 0. The van der Waals surface area contributed by atoms with Gasteiger partial charge in [-0.05, 0) is 32.6 Å². The van der Waals surface area contributed by atoms with Crippen LogP contribution in [0.5, 0.6) is 0 Å². The highest BCUT2D eigenvalue weighted by atomic mass is 16.4. The monoisotopic (exact) mass is 676 g/mol. The van der Waals surface area contributed by atoms with Gasteiger partial charge in [-0.25, -0.2) is 4.79 Å². The van der Waals surface area contributed by atoms with Crippen LogP contribution >= 0.6 is 0 Å². The highest BCUT2D eigenvalue weighted by molar-refractivity contribution is 5.96. The molecule has 0 heterocycles. The first-order chi connectivity index (χ1) is 21.8. The molecule has 0 aromatic heterocycles. The largest absolute Gasteiger partial charge is 0.480 e. The van der Waals surface area contributed by atoms with Gasteiger partial charge in [0.2, 0.25) is 35.4 Å². The van der Waals surface area contributed by atoms with Crippen LogP contribution in [0, 0.1) is 5.92 Å². The second-order valence-electron chi connectivity index (χ2n) is 10.9. The first-order valence-electron chi connectivity index (χ1n) is 14.6. The number of nitrogens with two attached hydrogens (primary N) is 3. The number of carbonyl (C=O) groups excluding carboxylic acids is 6. The molecule has 0 bridgehead atoms. The zero-order chi connectivity index (χ0) is 36.4. The zero-order valence-electron chi connectivity index (χ0n) is 26.7. The Labute approximate surface area is 270 Å². The van der Waals surface area contributed by atoms with Crippen molar-refractivity contribution in [3.8, 4) is 0 Å².